The van der Waals surface area contributed by atoms with Gasteiger partial charge in [-0.15, -0.1) is 0 Å². The molecule has 0 amide bonds. The lowest BCUT2D eigenvalue weighted by atomic mass is 9.75. The minimum absolute atomic E-state index is 0.00980. The van der Waals surface area contributed by atoms with Crippen molar-refractivity contribution in [3.63, 3.8) is 0 Å². The van der Waals surface area contributed by atoms with Gasteiger partial charge in [0.15, 0.2) is 0 Å². The average molecular weight is 260 g/mol. The van der Waals surface area contributed by atoms with E-state index in [1.807, 2.05) is 49.3 Å². The first kappa shape index (κ1) is 15.2. The average Bonchev–Trinajstić information content (AvgIpc) is 2.40. The van der Waals surface area contributed by atoms with Gasteiger partial charge in [0.05, 0.1) is 11.5 Å². The zero-order chi connectivity index (χ0) is 14.3. The monoisotopic (exact) mass is 260 g/mol. The van der Waals surface area contributed by atoms with Gasteiger partial charge in [-0.2, -0.15) is 5.26 Å². The molecule has 0 fully saturated rings. The summed E-state index contributed by atoms with van der Waals surface area (Å²) < 4.78 is 0. The molecule has 4 heteroatoms. The van der Waals surface area contributed by atoms with Crippen molar-refractivity contribution in [3.05, 3.63) is 35.9 Å². The maximum atomic E-state index is 10.8. The third-order valence-corrected chi connectivity index (χ3v) is 3.29. The van der Waals surface area contributed by atoms with Crippen LogP contribution in [-0.4, -0.2) is 36.6 Å². The smallest absolute Gasteiger partial charge is 0.303 e. The highest BCUT2D eigenvalue weighted by Crippen LogP contribution is 2.32. The highest BCUT2D eigenvalue weighted by Gasteiger charge is 2.32. The molecule has 0 aliphatic rings. The molecule has 1 N–H and O–H groups in total. The molecule has 0 aliphatic heterocycles. The third kappa shape index (κ3) is 4.38. The zero-order valence-corrected chi connectivity index (χ0v) is 11.5. The summed E-state index contributed by atoms with van der Waals surface area (Å²) in [5.74, 6) is -0.861. The van der Waals surface area contributed by atoms with Gasteiger partial charge in [-0.3, -0.25) is 4.79 Å². The van der Waals surface area contributed by atoms with Gasteiger partial charge in [0.2, 0.25) is 0 Å². The van der Waals surface area contributed by atoms with Crippen LogP contribution in [0.15, 0.2) is 30.3 Å². The van der Waals surface area contributed by atoms with Gasteiger partial charge < -0.3 is 10.0 Å². The van der Waals surface area contributed by atoms with Crippen LogP contribution in [0.5, 0.6) is 0 Å². The summed E-state index contributed by atoms with van der Waals surface area (Å²) in [5, 5.41) is 18.5. The van der Waals surface area contributed by atoms with Crippen molar-refractivity contribution in [2.75, 3.05) is 20.6 Å². The first-order valence-electron chi connectivity index (χ1n) is 6.33. The molecule has 0 radical (unpaired) electrons. The van der Waals surface area contributed by atoms with Crippen molar-refractivity contribution in [1.82, 2.24) is 4.90 Å². The number of hydrogen-bond donors (Lipinski definition) is 1. The van der Waals surface area contributed by atoms with Crippen molar-refractivity contribution in [3.8, 4) is 6.07 Å². The highest BCUT2D eigenvalue weighted by molar-refractivity contribution is 5.67. The molecular weight excluding hydrogens is 240 g/mol. The second-order valence-corrected chi connectivity index (χ2v) is 5.01. The first-order chi connectivity index (χ1) is 9.00. The van der Waals surface area contributed by atoms with Gasteiger partial charge in [0.1, 0.15) is 0 Å². The molecule has 1 aromatic rings. The van der Waals surface area contributed by atoms with Gasteiger partial charge in [0, 0.05) is 6.42 Å². The quantitative estimate of drug-likeness (QED) is 0.816. The third-order valence-electron chi connectivity index (χ3n) is 3.29. The summed E-state index contributed by atoms with van der Waals surface area (Å²) in [7, 11) is 3.90. The van der Waals surface area contributed by atoms with Gasteiger partial charge in [-0.1, -0.05) is 30.3 Å². The van der Waals surface area contributed by atoms with Gasteiger partial charge in [0.25, 0.3) is 0 Å². The SMILES string of the molecule is CN(C)CCC(C#N)(CCC(=O)O)c1ccccc1. The van der Waals surface area contributed by atoms with Crippen LogP contribution in [0.1, 0.15) is 24.8 Å². The number of aliphatic carboxylic acids is 1. The lowest BCUT2D eigenvalue weighted by Crippen LogP contribution is -2.30. The van der Waals surface area contributed by atoms with Gasteiger partial charge >= 0.3 is 5.97 Å². The molecule has 1 unspecified atom stereocenters. The van der Waals surface area contributed by atoms with Crippen LogP contribution in [0.3, 0.4) is 0 Å². The van der Waals surface area contributed by atoms with Crippen LogP contribution in [0.4, 0.5) is 0 Å². The van der Waals surface area contributed by atoms with Crippen molar-refractivity contribution < 1.29 is 9.90 Å². The van der Waals surface area contributed by atoms with Crippen molar-refractivity contribution in [1.29, 1.82) is 5.26 Å². The second-order valence-electron chi connectivity index (χ2n) is 5.01. The number of carbonyl (C=O) groups is 1. The summed E-state index contributed by atoms with van der Waals surface area (Å²) in [6.07, 6.45) is 0.986. The Bertz CT molecular complexity index is 451. The fourth-order valence-corrected chi connectivity index (χ4v) is 2.08. The summed E-state index contributed by atoms with van der Waals surface area (Å²) in [6.45, 7) is 0.752. The Kier molecular flexibility index (Phi) is 5.53. The molecule has 0 saturated carbocycles. The molecule has 102 valence electrons. The lowest BCUT2D eigenvalue weighted by Gasteiger charge is -2.28. The van der Waals surface area contributed by atoms with E-state index in [1.165, 1.54) is 0 Å². The molecule has 1 atom stereocenters. The fraction of sp³-hybridized carbons (Fsp3) is 0.467. The van der Waals surface area contributed by atoms with E-state index in [1.54, 1.807) is 0 Å². The lowest BCUT2D eigenvalue weighted by molar-refractivity contribution is -0.137. The molecule has 0 saturated heterocycles. The van der Waals surface area contributed by atoms with Gasteiger partial charge in [-0.25, -0.2) is 0 Å². The standard InChI is InChI=1S/C15H20N2O2/c1-17(2)11-10-15(12-16,9-8-14(18)19)13-6-4-3-5-7-13/h3-7H,8-11H2,1-2H3,(H,18,19). The number of rotatable bonds is 7. The van der Waals surface area contributed by atoms with E-state index in [2.05, 4.69) is 6.07 Å². The van der Waals surface area contributed by atoms with Crippen molar-refractivity contribution in [2.45, 2.75) is 24.7 Å². The van der Waals surface area contributed by atoms with E-state index < -0.39 is 11.4 Å². The number of carboxylic acid groups (broad SMARTS) is 1. The molecule has 0 aromatic heterocycles. The molecule has 0 bridgehead atoms. The van der Waals surface area contributed by atoms with Crippen LogP contribution >= 0.6 is 0 Å². The summed E-state index contributed by atoms with van der Waals surface area (Å²) in [6, 6.07) is 11.8. The van der Waals surface area contributed by atoms with E-state index in [9.17, 15) is 10.1 Å². The Labute approximate surface area is 114 Å². The predicted octanol–water partition coefficient (Wildman–Crippen LogP) is 2.26. The summed E-state index contributed by atoms with van der Waals surface area (Å²) >= 11 is 0. The molecule has 0 heterocycles. The van der Waals surface area contributed by atoms with Crippen LogP contribution in [0, 0.1) is 11.3 Å². The maximum absolute atomic E-state index is 10.8. The van der Waals surface area contributed by atoms with E-state index >= 15 is 0 Å². The number of nitriles is 1. The Balaban J connectivity index is 3.00. The number of carboxylic acids is 1. The zero-order valence-electron chi connectivity index (χ0n) is 11.5. The van der Waals surface area contributed by atoms with E-state index in [0.717, 1.165) is 12.1 Å². The molecule has 1 rings (SSSR count). The second kappa shape index (κ2) is 6.91. The number of benzene rings is 1. The van der Waals surface area contributed by atoms with Crippen LogP contribution in [0.2, 0.25) is 0 Å². The maximum Gasteiger partial charge on any atom is 0.303 e. The van der Waals surface area contributed by atoms with Gasteiger partial charge in [-0.05, 0) is 39.0 Å². The van der Waals surface area contributed by atoms with Crippen LogP contribution < -0.4 is 0 Å². The van der Waals surface area contributed by atoms with E-state index in [-0.39, 0.29) is 6.42 Å². The molecule has 0 aliphatic carbocycles. The van der Waals surface area contributed by atoms with Crippen LogP contribution in [0.25, 0.3) is 0 Å². The minimum atomic E-state index is -0.861. The summed E-state index contributed by atoms with van der Waals surface area (Å²) in [5.41, 5.74) is 0.185. The number of nitrogens with zero attached hydrogens (tertiary/aromatic N) is 2. The number of hydrogen-bond acceptors (Lipinski definition) is 3. The topological polar surface area (TPSA) is 64.3 Å². The Morgan fingerprint density at radius 2 is 1.95 bits per heavy atom. The molecule has 4 nitrogen and oxygen atoms in total. The fourth-order valence-electron chi connectivity index (χ4n) is 2.08. The van der Waals surface area contributed by atoms with Crippen molar-refractivity contribution >= 4 is 5.97 Å². The molecule has 19 heavy (non-hydrogen) atoms. The molecule has 0 spiro atoms. The molecular formula is C15H20N2O2. The molecule has 1 aromatic carbocycles. The van der Waals surface area contributed by atoms with Crippen molar-refractivity contribution in [2.24, 2.45) is 0 Å². The summed E-state index contributed by atoms with van der Waals surface area (Å²) in [4.78, 5) is 12.8. The first-order valence-corrected chi connectivity index (χ1v) is 6.33. The highest BCUT2D eigenvalue weighted by atomic mass is 16.4. The van der Waals surface area contributed by atoms with E-state index in [0.29, 0.717) is 12.8 Å². The largest absolute Gasteiger partial charge is 0.481 e. The minimum Gasteiger partial charge on any atom is -0.481 e. The predicted molar refractivity (Wildman–Crippen MR) is 73.8 cm³/mol. The normalized spacial score (nSPS) is 13.8. The Morgan fingerprint density at radius 1 is 1.32 bits per heavy atom. The van der Waals surface area contributed by atoms with E-state index in [4.69, 9.17) is 5.11 Å². The Hall–Kier alpha value is -1.86. The Morgan fingerprint density at radius 3 is 2.42 bits per heavy atom. The van der Waals surface area contributed by atoms with Crippen LogP contribution in [-0.2, 0) is 10.2 Å².